The first-order valence-corrected chi connectivity index (χ1v) is 7.74. The molecule has 0 N–H and O–H groups in total. The van der Waals surface area contributed by atoms with Crippen LogP contribution in [0.2, 0.25) is 0 Å². The van der Waals surface area contributed by atoms with E-state index >= 15 is 0 Å². The van der Waals surface area contributed by atoms with Gasteiger partial charge in [-0.05, 0) is 30.7 Å². The number of hydrogen-bond acceptors (Lipinski definition) is 6. The first-order valence-electron chi connectivity index (χ1n) is 7.74. The molecule has 3 heterocycles. The van der Waals surface area contributed by atoms with E-state index in [0.29, 0.717) is 12.5 Å². The molecule has 1 aromatic heterocycles. The molecule has 2 saturated heterocycles. The van der Waals surface area contributed by atoms with E-state index in [-0.39, 0.29) is 5.92 Å². The number of rotatable bonds is 3. The molecule has 1 aromatic carbocycles. The van der Waals surface area contributed by atoms with Gasteiger partial charge in [-0.1, -0.05) is 5.16 Å². The molecule has 22 heavy (non-hydrogen) atoms. The third kappa shape index (κ3) is 2.71. The molecule has 2 aromatic rings. The summed E-state index contributed by atoms with van der Waals surface area (Å²) in [6.45, 7) is 4.92. The first-order chi connectivity index (χ1) is 10.9. The predicted molar refractivity (Wildman–Crippen MR) is 80.9 cm³/mol. The molecule has 0 spiro atoms. The summed E-state index contributed by atoms with van der Waals surface area (Å²) in [6, 6.07) is 8.27. The maximum absolute atomic E-state index is 5.40. The maximum atomic E-state index is 5.40. The molecule has 1 atom stereocenters. The van der Waals surface area contributed by atoms with Crippen LogP contribution in [0.4, 0.5) is 5.69 Å². The van der Waals surface area contributed by atoms with Gasteiger partial charge in [-0.2, -0.15) is 4.98 Å². The number of nitrogens with zero attached hydrogens (tertiary/aromatic N) is 3. The summed E-state index contributed by atoms with van der Waals surface area (Å²) in [7, 11) is 0. The molecule has 0 unspecified atom stereocenters. The van der Waals surface area contributed by atoms with E-state index < -0.39 is 0 Å². The number of benzene rings is 1. The Kier molecular flexibility index (Phi) is 3.78. The van der Waals surface area contributed by atoms with Crippen LogP contribution >= 0.6 is 0 Å². The minimum Gasteiger partial charge on any atom is -0.381 e. The molecule has 0 bridgehead atoms. The fraction of sp³-hybridized carbons (Fsp3) is 0.500. The quantitative estimate of drug-likeness (QED) is 0.865. The molecule has 2 aliphatic rings. The van der Waals surface area contributed by atoms with E-state index in [2.05, 4.69) is 27.2 Å². The van der Waals surface area contributed by atoms with E-state index in [9.17, 15) is 0 Å². The molecule has 0 saturated carbocycles. The molecule has 0 amide bonds. The predicted octanol–water partition coefficient (Wildman–Crippen LogP) is 2.08. The van der Waals surface area contributed by atoms with Crippen molar-refractivity contribution in [3.63, 3.8) is 0 Å². The zero-order chi connectivity index (χ0) is 14.8. The van der Waals surface area contributed by atoms with Crippen LogP contribution in [0.15, 0.2) is 28.8 Å². The molecule has 6 heteroatoms. The van der Waals surface area contributed by atoms with Gasteiger partial charge in [-0.25, -0.2) is 0 Å². The van der Waals surface area contributed by atoms with Gasteiger partial charge in [0.1, 0.15) is 0 Å². The number of aromatic nitrogens is 2. The molecule has 2 fully saturated rings. The van der Waals surface area contributed by atoms with Crippen molar-refractivity contribution in [1.29, 1.82) is 0 Å². The Labute approximate surface area is 129 Å². The van der Waals surface area contributed by atoms with E-state index in [1.807, 2.05) is 12.1 Å². The van der Waals surface area contributed by atoms with Crippen molar-refractivity contribution in [2.75, 3.05) is 44.4 Å². The minimum absolute atomic E-state index is 0.269. The molecule has 116 valence electrons. The van der Waals surface area contributed by atoms with Crippen LogP contribution in [0.1, 0.15) is 18.2 Å². The molecular formula is C16H19N3O3. The summed E-state index contributed by atoms with van der Waals surface area (Å²) < 4.78 is 16.2. The van der Waals surface area contributed by atoms with Crippen LogP contribution in [0.3, 0.4) is 0 Å². The zero-order valence-electron chi connectivity index (χ0n) is 12.4. The second-order valence-electron chi connectivity index (χ2n) is 5.66. The average molecular weight is 301 g/mol. The topological polar surface area (TPSA) is 60.6 Å². The van der Waals surface area contributed by atoms with E-state index in [1.165, 1.54) is 5.69 Å². The molecule has 0 radical (unpaired) electrons. The summed E-state index contributed by atoms with van der Waals surface area (Å²) in [4.78, 5) is 6.84. The van der Waals surface area contributed by atoms with E-state index in [0.717, 1.165) is 50.7 Å². The van der Waals surface area contributed by atoms with Crippen LogP contribution in [0, 0.1) is 0 Å². The second kappa shape index (κ2) is 6.06. The van der Waals surface area contributed by atoms with Crippen molar-refractivity contribution < 1.29 is 14.0 Å². The van der Waals surface area contributed by atoms with Crippen molar-refractivity contribution in [2.24, 2.45) is 0 Å². The highest BCUT2D eigenvalue weighted by molar-refractivity contribution is 5.59. The SMILES string of the molecule is c1cc(N2CCOCC2)ccc1-c1nc([C@@H]2CCOC2)no1. The number of hydrogen-bond donors (Lipinski definition) is 0. The van der Waals surface area contributed by atoms with E-state index in [4.69, 9.17) is 14.0 Å². The highest BCUT2D eigenvalue weighted by Crippen LogP contribution is 2.27. The number of anilines is 1. The summed E-state index contributed by atoms with van der Waals surface area (Å²) in [5.41, 5.74) is 2.16. The van der Waals surface area contributed by atoms with Crippen LogP contribution in [-0.4, -0.2) is 49.7 Å². The van der Waals surface area contributed by atoms with Crippen molar-refractivity contribution in [3.8, 4) is 11.5 Å². The van der Waals surface area contributed by atoms with Gasteiger partial charge >= 0.3 is 0 Å². The Bertz CT molecular complexity index is 614. The van der Waals surface area contributed by atoms with Crippen LogP contribution < -0.4 is 4.90 Å². The van der Waals surface area contributed by atoms with Gasteiger partial charge in [0.2, 0.25) is 0 Å². The molecule has 0 aliphatic carbocycles. The number of morpholine rings is 1. The fourth-order valence-corrected chi connectivity index (χ4v) is 2.89. The Morgan fingerprint density at radius 1 is 1.00 bits per heavy atom. The van der Waals surface area contributed by atoms with Gasteiger partial charge in [0, 0.05) is 36.9 Å². The Hall–Kier alpha value is -1.92. The third-order valence-corrected chi connectivity index (χ3v) is 4.23. The van der Waals surface area contributed by atoms with Gasteiger partial charge < -0.3 is 18.9 Å². The Morgan fingerprint density at radius 3 is 2.55 bits per heavy atom. The van der Waals surface area contributed by atoms with Gasteiger partial charge in [-0.3, -0.25) is 0 Å². The highest BCUT2D eigenvalue weighted by atomic mass is 16.5. The lowest BCUT2D eigenvalue weighted by Crippen LogP contribution is -2.36. The molecule has 2 aliphatic heterocycles. The Morgan fingerprint density at radius 2 is 1.82 bits per heavy atom. The van der Waals surface area contributed by atoms with Crippen LogP contribution in [0.5, 0.6) is 0 Å². The van der Waals surface area contributed by atoms with Gasteiger partial charge in [0.25, 0.3) is 5.89 Å². The fourth-order valence-electron chi connectivity index (χ4n) is 2.89. The van der Waals surface area contributed by atoms with Crippen LogP contribution in [-0.2, 0) is 9.47 Å². The van der Waals surface area contributed by atoms with Gasteiger partial charge in [0.05, 0.1) is 19.8 Å². The minimum atomic E-state index is 0.269. The second-order valence-corrected chi connectivity index (χ2v) is 5.66. The standard InChI is InChI=1S/C16H19N3O3/c1-3-14(19-6-9-20-10-7-19)4-2-12(1)16-17-15(18-22-16)13-5-8-21-11-13/h1-4,13H,5-11H2/t13-/m1/s1. The average Bonchev–Trinajstić information content (AvgIpc) is 3.27. The highest BCUT2D eigenvalue weighted by Gasteiger charge is 2.23. The van der Waals surface area contributed by atoms with Crippen molar-refractivity contribution in [1.82, 2.24) is 10.1 Å². The summed E-state index contributed by atoms with van der Waals surface area (Å²) in [6.07, 6.45) is 0.967. The summed E-state index contributed by atoms with van der Waals surface area (Å²) >= 11 is 0. The summed E-state index contributed by atoms with van der Waals surface area (Å²) in [5.74, 6) is 1.60. The van der Waals surface area contributed by atoms with Crippen LogP contribution in [0.25, 0.3) is 11.5 Å². The van der Waals surface area contributed by atoms with Gasteiger partial charge in [0.15, 0.2) is 5.82 Å². The van der Waals surface area contributed by atoms with E-state index in [1.54, 1.807) is 0 Å². The lowest BCUT2D eigenvalue weighted by Gasteiger charge is -2.28. The monoisotopic (exact) mass is 301 g/mol. The zero-order valence-corrected chi connectivity index (χ0v) is 12.4. The maximum Gasteiger partial charge on any atom is 0.257 e. The van der Waals surface area contributed by atoms with Crippen molar-refractivity contribution in [3.05, 3.63) is 30.1 Å². The largest absolute Gasteiger partial charge is 0.381 e. The lowest BCUT2D eigenvalue weighted by molar-refractivity contribution is 0.122. The van der Waals surface area contributed by atoms with Crippen molar-refractivity contribution in [2.45, 2.75) is 12.3 Å². The smallest absolute Gasteiger partial charge is 0.257 e. The normalized spacial score (nSPS) is 22.2. The summed E-state index contributed by atoms with van der Waals surface area (Å²) in [5, 5.41) is 4.09. The number of ether oxygens (including phenoxy) is 2. The lowest BCUT2D eigenvalue weighted by atomic mass is 10.1. The Balaban J connectivity index is 1.50. The third-order valence-electron chi connectivity index (χ3n) is 4.23. The molecule has 4 rings (SSSR count). The molecular weight excluding hydrogens is 282 g/mol. The van der Waals surface area contributed by atoms with Gasteiger partial charge in [-0.15, -0.1) is 0 Å². The first kappa shape index (κ1) is 13.7. The van der Waals surface area contributed by atoms with Crippen molar-refractivity contribution >= 4 is 5.69 Å². The molecule has 6 nitrogen and oxygen atoms in total.